The first-order valence-electron chi connectivity index (χ1n) is 10.8. The van der Waals surface area contributed by atoms with Gasteiger partial charge in [0.1, 0.15) is 11.4 Å². The fraction of sp³-hybridized carbons (Fsp3) is 0.231. The molecule has 31 heavy (non-hydrogen) atoms. The van der Waals surface area contributed by atoms with Crippen molar-refractivity contribution in [3.63, 3.8) is 0 Å². The Morgan fingerprint density at radius 2 is 1.81 bits per heavy atom. The number of ether oxygens (including phenoxy) is 1. The highest BCUT2D eigenvalue weighted by atomic mass is 16.5. The van der Waals surface area contributed by atoms with Gasteiger partial charge in [0.15, 0.2) is 5.65 Å². The van der Waals surface area contributed by atoms with E-state index < -0.39 is 0 Å². The summed E-state index contributed by atoms with van der Waals surface area (Å²) in [7, 11) is 1.67. The van der Waals surface area contributed by atoms with Crippen molar-refractivity contribution in [2.24, 2.45) is 5.73 Å². The number of hydrogen-bond acceptors (Lipinski definition) is 4. The molecule has 0 atom stereocenters. The third-order valence-electron chi connectivity index (χ3n) is 5.94. The Hall–Kier alpha value is -3.44. The van der Waals surface area contributed by atoms with Crippen molar-refractivity contribution in [3.8, 4) is 28.1 Å². The Bertz CT molecular complexity index is 1240. The van der Waals surface area contributed by atoms with Gasteiger partial charge in [0.05, 0.1) is 18.4 Å². The molecule has 0 fully saturated rings. The van der Waals surface area contributed by atoms with E-state index in [0.29, 0.717) is 6.54 Å². The zero-order chi connectivity index (χ0) is 21.2. The van der Waals surface area contributed by atoms with E-state index in [0.717, 1.165) is 57.9 Å². The van der Waals surface area contributed by atoms with Crippen molar-refractivity contribution in [2.75, 3.05) is 7.11 Å². The molecule has 0 unspecified atom stereocenters. The highest BCUT2D eigenvalue weighted by Gasteiger charge is 2.22. The van der Waals surface area contributed by atoms with Crippen LogP contribution in [0.4, 0.5) is 0 Å². The lowest BCUT2D eigenvalue weighted by molar-refractivity contribution is 0.415. The minimum Gasteiger partial charge on any atom is -0.497 e. The number of allylic oxidation sites excluding steroid dienone is 2. The number of nitrogens with two attached hydrogens (primary N) is 1. The van der Waals surface area contributed by atoms with Crippen LogP contribution in [0.3, 0.4) is 0 Å². The summed E-state index contributed by atoms with van der Waals surface area (Å²) >= 11 is 0. The van der Waals surface area contributed by atoms with Crippen molar-refractivity contribution < 1.29 is 4.74 Å². The van der Waals surface area contributed by atoms with Gasteiger partial charge in [0.25, 0.3) is 0 Å². The number of benzene rings is 2. The first kappa shape index (κ1) is 19.5. The van der Waals surface area contributed by atoms with E-state index in [1.165, 1.54) is 18.4 Å². The number of fused-ring (bicyclic) bond motifs is 1. The second-order valence-electron chi connectivity index (χ2n) is 7.87. The first-order chi connectivity index (χ1) is 15.3. The van der Waals surface area contributed by atoms with Crippen molar-refractivity contribution in [3.05, 3.63) is 78.1 Å². The normalized spacial score (nSPS) is 13.9. The molecule has 5 rings (SSSR count). The van der Waals surface area contributed by atoms with Crippen LogP contribution in [0.1, 0.15) is 36.9 Å². The first-order valence-corrected chi connectivity index (χ1v) is 10.8. The fourth-order valence-electron chi connectivity index (χ4n) is 4.33. The summed E-state index contributed by atoms with van der Waals surface area (Å²) in [4.78, 5) is 5.04. The van der Waals surface area contributed by atoms with E-state index in [1.807, 2.05) is 34.8 Å². The van der Waals surface area contributed by atoms with Gasteiger partial charge in [-0.1, -0.05) is 48.5 Å². The zero-order valence-electron chi connectivity index (χ0n) is 17.7. The maximum absolute atomic E-state index is 6.15. The largest absolute Gasteiger partial charge is 0.497 e. The maximum Gasteiger partial charge on any atom is 0.163 e. The molecular weight excluding hydrogens is 384 g/mol. The van der Waals surface area contributed by atoms with E-state index in [9.17, 15) is 0 Å². The molecule has 0 aliphatic heterocycles. The fourth-order valence-corrected chi connectivity index (χ4v) is 4.33. The SMILES string of the molecule is COc1ccc(-c2cn3nc(-c4ccccc4)c(C4=CCCCC4)c3nc2CN)cc1. The monoisotopic (exact) mass is 410 g/mol. The molecule has 2 heterocycles. The van der Waals surface area contributed by atoms with Crippen LogP contribution < -0.4 is 10.5 Å². The molecule has 5 nitrogen and oxygen atoms in total. The van der Waals surface area contributed by atoms with Gasteiger partial charge in [0, 0.05) is 23.9 Å². The smallest absolute Gasteiger partial charge is 0.163 e. The molecule has 2 aromatic carbocycles. The average Bonchev–Trinajstić information content (AvgIpc) is 3.23. The molecule has 4 aromatic rings. The number of nitrogens with zero attached hydrogens (tertiary/aromatic N) is 3. The third-order valence-corrected chi connectivity index (χ3v) is 5.94. The minimum atomic E-state index is 0.363. The molecule has 0 spiro atoms. The number of hydrogen-bond donors (Lipinski definition) is 1. The summed E-state index contributed by atoms with van der Waals surface area (Å²) < 4.78 is 7.23. The summed E-state index contributed by atoms with van der Waals surface area (Å²) in [6.45, 7) is 0.363. The van der Waals surface area contributed by atoms with Crippen LogP contribution in [0.25, 0.3) is 33.6 Å². The molecule has 156 valence electrons. The van der Waals surface area contributed by atoms with E-state index >= 15 is 0 Å². The van der Waals surface area contributed by atoms with E-state index in [2.05, 4.69) is 36.5 Å². The van der Waals surface area contributed by atoms with Crippen LogP contribution in [-0.4, -0.2) is 21.7 Å². The van der Waals surface area contributed by atoms with E-state index in [-0.39, 0.29) is 0 Å². The van der Waals surface area contributed by atoms with Crippen molar-refractivity contribution in [1.29, 1.82) is 0 Å². The molecule has 2 N–H and O–H groups in total. The standard InChI is InChI=1S/C26H26N4O/c1-31-21-14-12-18(13-15-21)22-17-30-26(28-23(22)16-27)24(19-8-4-2-5-9-19)25(29-30)20-10-6-3-7-11-20/h3,6-8,10-15,17H,2,4-5,9,16,27H2,1H3. The third kappa shape index (κ3) is 3.62. The Morgan fingerprint density at radius 3 is 2.48 bits per heavy atom. The van der Waals surface area contributed by atoms with Gasteiger partial charge in [-0.2, -0.15) is 5.10 Å². The molecule has 1 aliphatic carbocycles. The Labute approximate surface area is 182 Å². The van der Waals surface area contributed by atoms with Crippen LogP contribution in [0, 0.1) is 0 Å². The molecule has 2 aromatic heterocycles. The van der Waals surface area contributed by atoms with Crippen molar-refractivity contribution in [2.45, 2.75) is 32.2 Å². The zero-order valence-corrected chi connectivity index (χ0v) is 17.7. The van der Waals surface area contributed by atoms with Crippen molar-refractivity contribution in [1.82, 2.24) is 14.6 Å². The molecule has 0 amide bonds. The lowest BCUT2D eigenvalue weighted by Crippen LogP contribution is -2.06. The molecule has 0 radical (unpaired) electrons. The van der Waals surface area contributed by atoms with Gasteiger partial charge in [-0.15, -0.1) is 0 Å². The van der Waals surface area contributed by atoms with E-state index in [4.69, 9.17) is 20.6 Å². The predicted molar refractivity (Wildman–Crippen MR) is 125 cm³/mol. The summed E-state index contributed by atoms with van der Waals surface area (Å²) in [6.07, 6.45) is 9.02. The highest BCUT2D eigenvalue weighted by molar-refractivity contribution is 5.88. The summed E-state index contributed by atoms with van der Waals surface area (Å²) in [5.74, 6) is 0.823. The topological polar surface area (TPSA) is 65.4 Å². The predicted octanol–water partition coefficient (Wildman–Crippen LogP) is 5.49. The van der Waals surface area contributed by atoms with Gasteiger partial charge in [-0.25, -0.2) is 9.50 Å². The lowest BCUT2D eigenvalue weighted by atomic mass is 9.92. The Morgan fingerprint density at radius 1 is 1.00 bits per heavy atom. The second-order valence-corrected chi connectivity index (χ2v) is 7.87. The van der Waals surface area contributed by atoms with Crippen molar-refractivity contribution >= 4 is 11.2 Å². The second kappa shape index (κ2) is 8.36. The molecular formula is C26H26N4O. The highest BCUT2D eigenvalue weighted by Crippen LogP contribution is 2.37. The van der Waals surface area contributed by atoms with Gasteiger partial charge in [-0.05, 0) is 49.0 Å². The van der Waals surface area contributed by atoms with Crippen LogP contribution in [0.2, 0.25) is 0 Å². The quantitative estimate of drug-likeness (QED) is 0.473. The number of methoxy groups -OCH3 is 1. The van der Waals surface area contributed by atoms with Gasteiger partial charge in [0.2, 0.25) is 0 Å². The minimum absolute atomic E-state index is 0.363. The average molecular weight is 411 g/mol. The lowest BCUT2D eigenvalue weighted by Gasteiger charge is -2.14. The molecule has 1 aliphatic rings. The van der Waals surface area contributed by atoms with Gasteiger partial charge >= 0.3 is 0 Å². The van der Waals surface area contributed by atoms with Crippen LogP contribution in [0.5, 0.6) is 5.75 Å². The van der Waals surface area contributed by atoms with E-state index in [1.54, 1.807) is 7.11 Å². The maximum atomic E-state index is 6.15. The number of aromatic nitrogens is 3. The van der Waals surface area contributed by atoms with Gasteiger partial charge in [-0.3, -0.25) is 0 Å². The van der Waals surface area contributed by atoms with Crippen LogP contribution >= 0.6 is 0 Å². The molecule has 5 heteroatoms. The van der Waals surface area contributed by atoms with Gasteiger partial charge < -0.3 is 10.5 Å². The molecule has 0 bridgehead atoms. The Balaban J connectivity index is 1.74. The van der Waals surface area contributed by atoms with Crippen LogP contribution in [0.15, 0.2) is 66.9 Å². The summed E-state index contributed by atoms with van der Waals surface area (Å²) in [6, 6.07) is 18.4. The number of rotatable bonds is 5. The Kier molecular flexibility index (Phi) is 5.26. The summed E-state index contributed by atoms with van der Waals surface area (Å²) in [5, 5.41) is 5.00. The molecule has 0 saturated heterocycles. The van der Waals surface area contributed by atoms with Crippen LogP contribution in [-0.2, 0) is 6.54 Å². The molecule has 0 saturated carbocycles. The summed E-state index contributed by atoms with van der Waals surface area (Å²) in [5.41, 5.74) is 14.5.